The molecule has 1 saturated carbocycles. The number of ether oxygens (including phenoxy) is 2. The summed E-state index contributed by atoms with van der Waals surface area (Å²) in [6.45, 7) is 0. The van der Waals surface area contributed by atoms with Gasteiger partial charge in [-0.2, -0.15) is 0 Å². The molecule has 4 atom stereocenters. The molecule has 0 aromatic heterocycles. The number of carbonyl (C=O) groups excluding carboxylic acids is 2. The van der Waals surface area contributed by atoms with Crippen LogP contribution in [0.15, 0.2) is 0 Å². The van der Waals surface area contributed by atoms with Crippen molar-refractivity contribution in [1.82, 2.24) is 0 Å². The van der Waals surface area contributed by atoms with Crippen molar-refractivity contribution >= 4 is 11.9 Å². The van der Waals surface area contributed by atoms with Crippen LogP contribution in [0.3, 0.4) is 0 Å². The van der Waals surface area contributed by atoms with Crippen molar-refractivity contribution in [3.05, 3.63) is 0 Å². The van der Waals surface area contributed by atoms with Crippen molar-refractivity contribution in [2.45, 2.75) is 25.0 Å². The minimum Gasteiger partial charge on any atom is -0.469 e. The van der Waals surface area contributed by atoms with E-state index in [1.54, 1.807) is 0 Å². The third-order valence-electron chi connectivity index (χ3n) is 3.06. The van der Waals surface area contributed by atoms with E-state index in [2.05, 4.69) is 4.74 Å². The van der Waals surface area contributed by atoms with Crippen LogP contribution in [0.4, 0.5) is 0 Å². The van der Waals surface area contributed by atoms with Crippen LogP contribution in [-0.2, 0) is 19.1 Å². The molecule has 0 aromatic carbocycles. The second-order valence-corrected chi connectivity index (χ2v) is 3.84. The average Bonchev–Trinajstić information content (AvgIpc) is 2.58. The van der Waals surface area contributed by atoms with Gasteiger partial charge in [-0.15, -0.1) is 0 Å². The predicted octanol–water partition coefficient (Wildman–Crippen LogP) is -0.562. The van der Waals surface area contributed by atoms with Crippen LogP contribution in [0, 0.1) is 11.8 Å². The van der Waals surface area contributed by atoms with E-state index in [4.69, 9.17) is 10.5 Å². The predicted molar refractivity (Wildman–Crippen MR) is 46.1 cm³/mol. The summed E-state index contributed by atoms with van der Waals surface area (Å²) in [6, 6.07) is -0.245. The highest BCUT2D eigenvalue weighted by atomic mass is 16.6. The van der Waals surface area contributed by atoms with Crippen molar-refractivity contribution in [2.24, 2.45) is 17.6 Å². The van der Waals surface area contributed by atoms with Gasteiger partial charge in [-0.05, 0) is 0 Å². The maximum Gasteiger partial charge on any atom is 0.310 e. The van der Waals surface area contributed by atoms with Gasteiger partial charge < -0.3 is 15.2 Å². The normalized spacial score (nSPS) is 40.6. The number of hydrogen-bond acceptors (Lipinski definition) is 5. The summed E-state index contributed by atoms with van der Waals surface area (Å²) >= 11 is 0. The van der Waals surface area contributed by atoms with Gasteiger partial charge in [0.25, 0.3) is 0 Å². The van der Waals surface area contributed by atoms with E-state index >= 15 is 0 Å². The van der Waals surface area contributed by atoms with E-state index in [0.717, 1.165) is 0 Å². The quantitative estimate of drug-likeness (QED) is 0.572. The average molecular weight is 199 g/mol. The molecule has 4 unspecified atom stereocenters. The molecule has 1 saturated heterocycles. The van der Waals surface area contributed by atoms with Crippen LogP contribution in [0.1, 0.15) is 12.8 Å². The minimum atomic E-state index is -0.378. The van der Waals surface area contributed by atoms with Crippen molar-refractivity contribution in [3.8, 4) is 0 Å². The molecule has 0 aromatic rings. The van der Waals surface area contributed by atoms with E-state index in [1.807, 2.05) is 0 Å². The first kappa shape index (κ1) is 9.45. The summed E-state index contributed by atoms with van der Waals surface area (Å²) in [5.41, 5.74) is 5.80. The Bertz CT molecular complexity index is 278. The Hall–Kier alpha value is -1.10. The van der Waals surface area contributed by atoms with Gasteiger partial charge in [-0.3, -0.25) is 9.59 Å². The third kappa shape index (κ3) is 1.28. The fourth-order valence-corrected chi connectivity index (χ4v) is 2.43. The molecule has 2 N–H and O–H groups in total. The van der Waals surface area contributed by atoms with Gasteiger partial charge in [-0.25, -0.2) is 0 Å². The molecule has 0 radical (unpaired) electrons. The number of esters is 2. The maximum absolute atomic E-state index is 11.4. The Morgan fingerprint density at radius 2 is 2.36 bits per heavy atom. The fraction of sp³-hybridized carbons (Fsp3) is 0.778. The number of nitrogens with two attached hydrogens (primary N) is 1. The Balaban J connectivity index is 2.16. The molecule has 1 aliphatic carbocycles. The molecule has 2 aliphatic rings. The van der Waals surface area contributed by atoms with E-state index in [0.29, 0.717) is 6.42 Å². The van der Waals surface area contributed by atoms with Crippen LogP contribution in [0.2, 0.25) is 0 Å². The third-order valence-corrected chi connectivity index (χ3v) is 3.06. The van der Waals surface area contributed by atoms with Crippen molar-refractivity contribution in [3.63, 3.8) is 0 Å². The molecule has 2 rings (SSSR count). The van der Waals surface area contributed by atoms with E-state index < -0.39 is 0 Å². The Morgan fingerprint density at radius 3 is 3.00 bits per heavy atom. The SMILES string of the molecule is COC(=O)C1C(N)CC2OC(=O)CC21. The van der Waals surface area contributed by atoms with Crippen LogP contribution >= 0.6 is 0 Å². The molecule has 0 spiro atoms. The number of hydrogen-bond donors (Lipinski definition) is 1. The molecular formula is C9H13NO4. The summed E-state index contributed by atoms with van der Waals surface area (Å²) in [5.74, 6) is -1.02. The topological polar surface area (TPSA) is 78.6 Å². The Labute approximate surface area is 81.5 Å². The molecule has 1 aliphatic heterocycles. The largest absolute Gasteiger partial charge is 0.469 e. The van der Waals surface area contributed by atoms with E-state index in [1.165, 1.54) is 7.11 Å². The van der Waals surface area contributed by atoms with Gasteiger partial charge in [0.15, 0.2) is 0 Å². The van der Waals surface area contributed by atoms with Crippen LogP contribution in [0.5, 0.6) is 0 Å². The highest BCUT2D eigenvalue weighted by molar-refractivity contribution is 5.78. The second-order valence-electron chi connectivity index (χ2n) is 3.84. The molecular weight excluding hydrogens is 186 g/mol. The lowest BCUT2D eigenvalue weighted by Gasteiger charge is -2.16. The molecule has 14 heavy (non-hydrogen) atoms. The van der Waals surface area contributed by atoms with E-state index in [-0.39, 0.29) is 42.3 Å². The molecule has 5 heteroatoms. The fourth-order valence-electron chi connectivity index (χ4n) is 2.43. The highest BCUT2D eigenvalue weighted by Crippen LogP contribution is 2.40. The van der Waals surface area contributed by atoms with Gasteiger partial charge in [-0.1, -0.05) is 0 Å². The van der Waals surface area contributed by atoms with Crippen LogP contribution in [0.25, 0.3) is 0 Å². The molecule has 2 fully saturated rings. The summed E-state index contributed by atoms with van der Waals surface area (Å²) in [6.07, 6.45) is 0.676. The standard InChI is InChI=1S/C9H13NO4/c1-13-9(12)8-4-2-7(11)14-6(4)3-5(8)10/h4-6,8H,2-3,10H2,1H3. The Kier molecular flexibility index (Phi) is 2.19. The highest BCUT2D eigenvalue weighted by Gasteiger charge is 2.52. The number of methoxy groups -OCH3 is 1. The molecule has 78 valence electrons. The van der Waals surface area contributed by atoms with Gasteiger partial charge in [0.05, 0.1) is 19.4 Å². The monoisotopic (exact) mass is 199 g/mol. The zero-order valence-corrected chi connectivity index (χ0v) is 7.93. The summed E-state index contributed by atoms with van der Waals surface area (Å²) < 4.78 is 9.72. The van der Waals surface area contributed by atoms with E-state index in [9.17, 15) is 9.59 Å². The van der Waals surface area contributed by atoms with Crippen LogP contribution in [-0.4, -0.2) is 31.2 Å². The number of fused-ring (bicyclic) bond motifs is 1. The lowest BCUT2D eigenvalue weighted by Crippen LogP contribution is -2.35. The molecule has 1 heterocycles. The first-order chi connectivity index (χ1) is 6.63. The second kappa shape index (κ2) is 3.24. The molecule has 0 bridgehead atoms. The summed E-state index contributed by atoms with van der Waals surface area (Å²) in [4.78, 5) is 22.4. The lowest BCUT2D eigenvalue weighted by atomic mass is 9.92. The maximum atomic E-state index is 11.4. The molecule has 5 nitrogen and oxygen atoms in total. The first-order valence-corrected chi connectivity index (χ1v) is 4.66. The van der Waals surface area contributed by atoms with Crippen molar-refractivity contribution < 1.29 is 19.1 Å². The van der Waals surface area contributed by atoms with Gasteiger partial charge in [0, 0.05) is 18.4 Å². The zero-order chi connectivity index (χ0) is 10.3. The summed E-state index contributed by atoms with van der Waals surface area (Å²) in [5, 5.41) is 0. The molecule has 0 amide bonds. The first-order valence-electron chi connectivity index (χ1n) is 4.66. The zero-order valence-electron chi connectivity index (χ0n) is 7.93. The van der Waals surface area contributed by atoms with Crippen molar-refractivity contribution in [2.75, 3.05) is 7.11 Å². The number of rotatable bonds is 1. The Morgan fingerprint density at radius 1 is 1.64 bits per heavy atom. The number of carbonyl (C=O) groups is 2. The lowest BCUT2D eigenvalue weighted by molar-refractivity contribution is -0.147. The minimum absolute atomic E-state index is 0.0788. The van der Waals surface area contributed by atoms with Crippen molar-refractivity contribution in [1.29, 1.82) is 0 Å². The van der Waals surface area contributed by atoms with Gasteiger partial charge >= 0.3 is 11.9 Å². The van der Waals surface area contributed by atoms with Gasteiger partial charge in [0.1, 0.15) is 6.10 Å². The van der Waals surface area contributed by atoms with Crippen LogP contribution < -0.4 is 5.73 Å². The smallest absolute Gasteiger partial charge is 0.310 e. The van der Waals surface area contributed by atoms with Gasteiger partial charge in [0.2, 0.25) is 0 Å². The summed E-state index contributed by atoms with van der Waals surface area (Å²) in [7, 11) is 1.33.